The standard InChI is InChI=1S/C29H25F6N3O5S2/c30-18-3-5-19(6-4-18)45(42,43)38-23-8-7-20(27(39)37-15-22-21(31)13-17(14-36-22)29(33,34)35)25(32)24(23)28(26(38)16-1-2-16)9-11-44(40,41)12-10-28/h3-8,13-14,16,26H,1-2,9-12,15H2,(H,37,39). The molecule has 1 aliphatic carbocycles. The summed E-state index contributed by atoms with van der Waals surface area (Å²) in [6.45, 7) is -0.682. The van der Waals surface area contributed by atoms with Gasteiger partial charge in [0.25, 0.3) is 15.9 Å². The second kappa shape index (κ2) is 10.7. The molecule has 1 N–H and O–H groups in total. The minimum absolute atomic E-state index is 0.0694. The lowest BCUT2D eigenvalue weighted by molar-refractivity contribution is -0.138. The topological polar surface area (TPSA) is 114 Å². The number of fused-ring (bicyclic) bond motifs is 2. The number of hydrogen-bond donors (Lipinski definition) is 1. The molecular formula is C29H25F6N3O5S2. The number of nitrogens with zero attached hydrogens (tertiary/aromatic N) is 2. The van der Waals surface area contributed by atoms with Crippen LogP contribution in [0, 0.1) is 23.4 Å². The van der Waals surface area contributed by atoms with E-state index in [4.69, 9.17) is 0 Å². The van der Waals surface area contributed by atoms with Gasteiger partial charge in [-0.2, -0.15) is 13.2 Å². The zero-order chi connectivity index (χ0) is 32.5. The van der Waals surface area contributed by atoms with Gasteiger partial charge in [-0.3, -0.25) is 14.1 Å². The Morgan fingerprint density at radius 1 is 1.02 bits per heavy atom. The molecule has 1 saturated heterocycles. The summed E-state index contributed by atoms with van der Waals surface area (Å²) in [5, 5.41) is 2.24. The van der Waals surface area contributed by atoms with Crippen molar-refractivity contribution in [3.63, 3.8) is 0 Å². The van der Waals surface area contributed by atoms with E-state index < -0.39 is 84.2 Å². The lowest BCUT2D eigenvalue weighted by Crippen LogP contribution is -2.52. The van der Waals surface area contributed by atoms with Crippen molar-refractivity contribution >= 4 is 31.5 Å². The number of amides is 1. The Morgan fingerprint density at radius 2 is 1.67 bits per heavy atom. The number of benzene rings is 2. The molecule has 0 radical (unpaired) electrons. The summed E-state index contributed by atoms with van der Waals surface area (Å²) in [5.74, 6) is -5.08. The van der Waals surface area contributed by atoms with Gasteiger partial charge in [0.2, 0.25) is 0 Å². The molecular weight excluding hydrogens is 648 g/mol. The van der Waals surface area contributed by atoms with Gasteiger partial charge in [-0.25, -0.2) is 30.0 Å². The molecule has 1 aromatic heterocycles. The van der Waals surface area contributed by atoms with Gasteiger partial charge in [0.15, 0.2) is 0 Å². The molecule has 6 rings (SSSR count). The van der Waals surface area contributed by atoms with Crippen molar-refractivity contribution in [3.05, 3.63) is 88.5 Å². The zero-order valence-corrected chi connectivity index (χ0v) is 24.9. The Labute approximate surface area is 254 Å². The fourth-order valence-corrected chi connectivity index (χ4v) is 9.78. The normalized spacial score (nSPS) is 20.7. The van der Waals surface area contributed by atoms with Crippen LogP contribution in [-0.4, -0.2) is 45.3 Å². The number of carbonyl (C=O) groups is 1. The Bertz CT molecular complexity index is 1900. The molecule has 2 fully saturated rings. The lowest BCUT2D eigenvalue weighted by Gasteiger charge is -2.41. The Morgan fingerprint density at radius 3 is 2.24 bits per heavy atom. The third kappa shape index (κ3) is 5.45. The van der Waals surface area contributed by atoms with Crippen LogP contribution in [0.25, 0.3) is 0 Å². The molecule has 1 atom stereocenters. The van der Waals surface area contributed by atoms with Crippen molar-refractivity contribution in [2.75, 3.05) is 15.8 Å². The predicted molar refractivity (Wildman–Crippen MR) is 149 cm³/mol. The number of sulfonamides is 1. The SMILES string of the molecule is O=C(NCc1ncc(C(F)(F)F)cc1F)c1ccc2c(c1F)C1(CCS(=O)(=O)CC1)C(C1CC1)N2S(=O)(=O)c1ccc(F)cc1. The van der Waals surface area contributed by atoms with Crippen LogP contribution in [0.5, 0.6) is 0 Å². The van der Waals surface area contributed by atoms with Crippen LogP contribution >= 0.6 is 0 Å². The largest absolute Gasteiger partial charge is 0.417 e. The number of rotatable bonds is 6. The number of nitrogens with one attached hydrogen (secondary N) is 1. The maximum Gasteiger partial charge on any atom is 0.417 e. The first kappa shape index (κ1) is 31.3. The van der Waals surface area contributed by atoms with E-state index in [1.807, 2.05) is 0 Å². The summed E-state index contributed by atoms with van der Waals surface area (Å²) in [4.78, 5) is 16.3. The number of halogens is 6. The van der Waals surface area contributed by atoms with Crippen molar-refractivity contribution in [1.82, 2.24) is 10.3 Å². The monoisotopic (exact) mass is 673 g/mol. The molecule has 1 saturated carbocycles. The third-order valence-electron chi connectivity index (χ3n) is 8.74. The van der Waals surface area contributed by atoms with E-state index in [2.05, 4.69) is 10.3 Å². The average molecular weight is 674 g/mol. The van der Waals surface area contributed by atoms with Crippen LogP contribution in [0.3, 0.4) is 0 Å². The van der Waals surface area contributed by atoms with Crippen LogP contribution < -0.4 is 9.62 Å². The molecule has 3 aliphatic rings. The van der Waals surface area contributed by atoms with E-state index in [0.717, 1.165) is 34.6 Å². The van der Waals surface area contributed by atoms with E-state index in [-0.39, 0.29) is 52.5 Å². The van der Waals surface area contributed by atoms with Crippen LogP contribution in [0.15, 0.2) is 53.6 Å². The summed E-state index contributed by atoms with van der Waals surface area (Å²) >= 11 is 0. The molecule has 45 heavy (non-hydrogen) atoms. The minimum Gasteiger partial charge on any atom is -0.346 e. The van der Waals surface area contributed by atoms with Crippen LogP contribution in [0.4, 0.5) is 32.0 Å². The number of carbonyl (C=O) groups excluding carboxylic acids is 1. The van der Waals surface area contributed by atoms with Gasteiger partial charge in [0.05, 0.1) is 51.5 Å². The van der Waals surface area contributed by atoms with Gasteiger partial charge in [0, 0.05) is 17.2 Å². The van der Waals surface area contributed by atoms with Gasteiger partial charge >= 0.3 is 6.18 Å². The van der Waals surface area contributed by atoms with Crippen molar-refractivity contribution in [1.29, 1.82) is 0 Å². The molecule has 1 amide bonds. The minimum atomic E-state index is -4.84. The molecule has 3 heterocycles. The van der Waals surface area contributed by atoms with Crippen molar-refractivity contribution in [2.45, 2.75) is 54.8 Å². The molecule has 1 spiro atoms. The number of pyridine rings is 1. The maximum absolute atomic E-state index is 16.6. The number of anilines is 1. The maximum atomic E-state index is 16.6. The molecule has 240 valence electrons. The second-order valence-electron chi connectivity index (χ2n) is 11.5. The summed E-state index contributed by atoms with van der Waals surface area (Å²) in [7, 11) is -7.93. The van der Waals surface area contributed by atoms with Gasteiger partial charge in [-0.15, -0.1) is 0 Å². The fourth-order valence-electron chi connectivity index (χ4n) is 6.43. The van der Waals surface area contributed by atoms with Crippen LogP contribution in [0.2, 0.25) is 0 Å². The Balaban J connectivity index is 1.41. The highest BCUT2D eigenvalue weighted by molar-refractivity contribution is 7.93. The van der Waals surface area contributed by atoms with Crippen molar-refractivity contribution in [3.8, 4) is 0 Å². The number of aromatic nitrogens is 1. The lowest BCUT2D eigenvalue weighted by atomic mass is 9.70. The highest BCUT2D eigenvalue weighted by Crippen LogP contribution is 2.60. The molecule has 8 nitrogen and oxygen atoms in total. The smallest absolute Gasteiger partial charge is 0.346 e. The van der Waals surface area contributed by atoms with Crippen molar-refractivity contribution < 1.29 is 48.0 Å². The molecule has 2 aliphatic heterocycles. The summed E-state index contributed by atoms with van der Waals surface area (Å²) in [5.41, 5.74) is -3.92. The van der Waals surface area contributed by atoms with Crippen LogP contribution in [0.1, 0.15) is 52.9 Å². The van der Waals surface area contributed by atoms with Gasteiger partial charge in [0.1, 0.15) is 27.3 Å². The molecule has 0 bridgehead atoms. The first-order valence-electron chi connectivity index (χ1n) is 13.9. The highest BCUT2D eigenvalue weighted by Gasteiger charge is 2.62. The Hall–Kier alpha value is -3.66. The quantitative estimate of drug-likeness (QED) is 0.374. The predicted octanol–water partition coefficient (Wildman–Crippen LogP) is 4.88. The summed E-state index contributed by atoms with van der Waals surface area (Å²) in [6.07, 6.45) is -3.46. The average Bonchev–Trinajstić information content (AvgIpc) is 3.76. The molecule has 2 aromatic carbocycles. The first-order chi connectivity index (χ1) is 21.0. The molecule has 1 unspecified atom stereocenters. The fraction of sp³-hybridized carbons (Fsp3) is 0.379. The van der Waals surface area contributed by atoms with E-state index in [0.29, 0.717) is 19.0 Å². The van der Waals surface area contributed by atoms with Crippen molar-refractivity contribution in [2.24, 2.45) is 5.92 Å². The molecule has 16 heteroatoms. The van der Waals surface area contributed by atoms with Crippen LogP contribution in [-0.2, 0) is 38.0 Å². The third-order valence-corrected chi connectivity index (χ3v) is 12.2. The van der Waals surface area contributed by atoms with E-state index in [1.165, 1.54) is 6.07 Å². The summed E-state index contributed by atoms with van der Waals surface area (Å²) in [6, 6.07) is 5.74. The second-order valence-corrected chi connectivity index (χ2v) is 15.6. The zero-order valence-electron chi connectivity index (χ0n) is 23.2. The number of hydrogen-bond acceptors (Lipinski definition) is 6. The highest BCUT2D eigenvalue weighted by atomic mass is 32.2. The summed E-state index contributed by atoms with van der Waals surface area (Å²) < 4.78 is 137. The van der Waals surface area contributed by atoms with Gasteiger partial charge in [-0.05, 0) is 74.1 Å². The number of alkyl halides is 3. The van der Waals surface area contributed by atoms with E-state index in [1.54, 1.807) is 0 Å². The van der Waals surface area contributed by atoms with E-state index >= 15 is 4.39 Å². The first-order valence-corrected chi connectivity index (χ1v) is 17.1. The van der Waals surface area contributed by atoms with Gasteiger partial charge in [-0.1, -0.05) is 0 Å². The Kier molecular flexibility index (Phi) is 7.46. The number of sulfone groups is 1. The molecule has 3 aromatic rings. The van der Waals surface area contributed by atoms with Gasteiger partial charge < -0.3 is 5.32 Å². The van der Waals surface area contributed by atoms with E-state index in [9.17, 15) is 43.6 Å².